The minimum atomic E-state index is 0.875. The number of unbranched alkanes of at least 4 members (excludes halogenated alkanes) is 4. The molecule has 3 nitrogen and oxygen atoms in total. The Labute approximate surface area is 268 Å². The van der Waals surface area contributed by atoms with Crippen LogP contribution in [0, 0.1) is 12.8 Å². The normalized spacial score (nSPS) is 18.5. The molecule has 2 aromatic rings. The van der Waals surface area contributed by atoms with E-state index in [1.807, 2.05) is 31.3 Å². The summed E-state index contributed by atoms with van der Waals surface area (Å²) in [5, 5.41) is 7.50. The molecule has 0 radical (unpaired) electrons. The lowest BCUT2D eigenvalue weighted by Gasteiger charge is -2.17. The van der Waals surface area contributed by atoms with Gasteiger partial charge >= 0.3 is 0 Å². The minimum absolute atomic E-state index is 0.875. The molecule has 1 unspecified atom stereocenters. The van der Waals surface area contributed by atoms with Crippen molar-refractivity contribution in [3.05, 3.63) is 113 Å². The van der Waals surface area contributed by atoms with Gasteiger partial charge in [-0.05, 0) is 93.2 Å². The lowest BCUT2D eigenvalue weighted by molar-refractivity contribution is 0.382. The van der Waals surface area contributed by atoms with E-state index < -0.39 is 0 Å². The van der Waals surface area contributed by atoms with Gasteiger partial charge in [0, 0.05) is 11.3 Å². The van der Waals surface area contributed by atoms with Crippen LogP contribution in [0.4, 0.5) is 0 Å². The Morgan fingerprint density at radius 3 is 2.50 bits per heavy atom. The third kappa shape index (κ3) is 11.6. The van der Waals surface area contributed by atoms with Gasteiger partial charge in [-0.2, -0.15) is 5.10 Å². The van der Waals surface area contributed by atoms with E-state index in [-0.39, 0.29) is 0 Å². The maximum absolute atomic E-state index is 4.70. The summed E-state index contributed by atoms with van der Waals surface area (Å²) in [5.74, 6) is 0.875. The molecule has 1 aliphatic carbocycles. The van der Waals surface area contributed by atoms with E-state index in [9.17, 15) is 0 Å². The first-order valence-corrected chi connectivity index (χ1v) is 17.2. The molecule has 1 atom stereocenters. The fraction of sp³-hybridized carbons (Fsp3) is 0.463. The zero-order valence-corrected chi connectivity index (χ0v) is 28.3. The first kappa shape index (κ1) is 35.0. The summed E-state index contributed by atoms with van der Waals surface area (Å²) in [5.41, 5.74) is 10.2. The van der Waals surface area contributed by atoms with Crippen molar-refractivity contribution < 1.29 is 0 Å². The molecule has 1 N–H and O–H groups in total. The van der Waals surface area contributed by atoms with E-state index in [0.717, 1.165) is 46.1 Å². The highest BCUT2D eigenvalue weighted by Gasteiger charge is 2.14. The van der Waals surface area contributed by atoms with Gasteiger partial charge in [-0.15, -0.1) is 0 Å². The molecule has 0 saturated heterocycles. The molecule has 3 rings (SSSR count). The van der Waals surface area contributed by atoms with Gasteiger partial charge in [0.15, 0.2) is 0 Å². The molecule has 0 aliphatic heterocycles. The van der Waals surface area contributed by atoms with Crippen molar-refractivity contribution in [3.8, 4) is 11.4 Å². The van der Waals surface area contributed by atoms with Crippen molar-refractivity contribution in [1.82, 2.24) is 15.2 Å². The molecule has 0 spiro atoms. The highest BCUT2D eigenvalue weighted by Crippen LogP contribution is 2.31. The van der Waals surface area contributed by atoms with Crippen LogP contribution in [-0.4, -0.2) is 15.2 Å². The largest absolute Gasteiger partial charge is 0.276 e. The Balaban J connectivity index is 1.59. The standard InChI is InChI=1S/C41H57N3/c1-7-10-20-32(4)21-12-11-13-23-35(18-8-2)24-14-15-25-36(19-9-3)38-27-17-26-37(30-29-33(38)5)39-31-42-44-41(39)40-28-16-22-34(6)43-40/h9,16-17,19-20,22,26-31,35H,5,7-8,10-15,18,21,23-25H2,1-4,6H3,(H,42,44)/b19-9-,27-17+,30-29-,32-20+,37-26-,38-36+. The number of pyridine rings is 1. The number of nitrogens with zero attached hydrogens (tertiary/aromatic N) is 2. The Bertz CT molecular complexity index is 1360. The van der Waals surface area contributed by atoms with Crippen LogP contribution in [0.2, 0.25) is 0 Å². The van der Waals surface area contributed by atoms with Crippen molar-refractivity contribution >= 4 is 5.57 Å². The number of H-pyrrole nitrogens is 1. The van der Waals surface area contributed by atoms with Crippen LogP contribution in [0.1, 0.15) is 122 Å². The third-order valence-corrected chi connectivity index (χ3v) is 8.63. The Hall–Kier alpha value is -3.46. The van der Waals surface area contributed by atoms with Gasteiger partial charge in [0.25, 0.3) is 0 Å². The van der Waals surface area contributed by atoms with Crippen molar-refractivity contribution in [1.29, 1.82) is 0 Å². The summed E-state index contributed by atoms with van der Waals surface area (Å²) in [6.45, 7) is 15.5. The van der Waals surface area contributed by atoms with Crippen molar-refractivity contribution in [2.45, 2.75) is 118 Å². The molecule has 0 bridgehead atoms. The zero-order valence-electron chi connectivity index (χ0n) is 28.3. The molecule has 0 fully saturated rings. The molecule has 0 amide bonds. The molecule has 1 aliphatic rings. The quantitative estimate of drug-likeness (QED) is 0.138. The van der Waals surface area contributed by atoms with Gasteiger partial charge in [-0.25, -0.2) is 0 Å². The molecular formula is C41H57N3. The first-order chi connectivity index (χ1) is 21.5. The van der Waals surface area contributed by atoms with Crippen LogP contribution in [0.3, 0.4) is 0 Å². The van der Waals surface area contributed by atoms with Crippen molar-refractivity contribution in [2.24, 2.45) is 5.92 Å². The van der Waals surface area contributed by atoms with Gasteiger partial charge < -0.3 is 0 Å². The molecule has 2 heterocycles. The Morgan fingerprint density at radius 2 is 1.75 bits per heavy atom. The molecule has 3 heteroatoms. The molecule has 0 saturated carbocycles. The predicted molar refractivity (Wildman–Crippen MR) is 192 cm³/mol. The Kier molecular flexibility index (Phi) is 15.7. The first-order valence-electron chi connectivity index (χ1n) is 17.2. The van der Waals surface area contributed by atoms with Crippen LogP contribution in [0.5, 0.6) is 0 Å². The number of aromatic amines is 1. The molecule has 236 valence electrons. The monoisotopic (exact) mass is 591 g/mol. The molecule has 0 aromatic carbocycles. The van der Waals surface area contributed by atoms with E-state index in [4.69, 9.17) is 4.98 Å². The third-order valence-electron chi connectivity index (χ3n) is 8.63. The molecule has 2 aromatic heterocycles. The average molecular weight is 592 g/mol. The summed E-state index contributed by atoms with van der Waals surface area (Å²) in [6.07, 6.45) is 36.5. The SMILES string of the molecule is C=C1\C=C/C(c2cn[nH]c2-c2cccc(C)n2)=C/C=C/C1=C(/C=C\C)CCCCC(CCC)CCCCC/C(C)=C/CCC. The Morgan fingerprint density at radius 1 is 0.955 bits per heavy atom. The number of aromatic nitrogens is 3. The summed E-state index contributed by atoms with van der Waals surface area (Å²) >= 11 is 0. The highest BCUT2D eigenvalue weighted by atomic mass is 15.1. The van der Waals surface area contributed by atoms with Crippen LogP contribution in [0.15, 0.2) is 102 Å². The lowest BCUT2D eigenvalue weighted by Crippen LogP contribution is -2.01. The van der Waals surface area contributed by atoms with Crippen molar-refractivity contribution in [2.75, 3.05) is 0 Å². The van der Waals surface area contributed by atoms with Crippen LogP contribution < -0.4 is 0 Å². The maximum atomic E-state index is 4.70. The lowest BCUT2D eigenvalue weighted by atomic mass is 9.89. The molecular weight excluding hydrogens is 534 g/mol. The van der Waals surface area contributed by atoms with Gasteiger partial charge in [0.1, 0.15) is 0 Å². The zero-order chi connectivity index (χ0) is 31.6. The van der Waals surface area contributed by atoms with Crippen LogP contribution >= 0.6 is 0 Å². The van der Waals surface area contributed by atoms with Gasteiger partial charge in [0.2, 0.25) is 0 Å². The fourth-order valence-electron chi connectivity index (χ4n) is 6.17. The summed E-state index contributed by atoms with van der Waals surface area (Å²) in [7, 11) is 0. The second kappa shape index (κ2) is 19.7. The topological polar surface area (TPSA) is 41.6 Å². The number of allylic oxidation sites excluding steroid dienone is 13. The number of nitrogens with one attached hydrogen (secondary N) is 1. The smallest absolute Gasteiger partial charge is 0.0912 e. The number of hydrogen-bond acceptors (Lipinski definition) is 2. The van der Waals surface area contributed by atoms with Gasteiger partial charge in [-0.3, -0.25) is 10.1 Å². The van der Waals surface area contributed by atoms with E-state index in [1.165, 1.54) is 88.2 Å². The summed E-state index contributed by atoms with van der Waals surface area (Å²) < 4.78 is 0. The van der Waals surface area contributed by atoms with Crippen molar-refractivity contribution in [3.63, 3.8) is 0 Å². The van der Waals surface area contributed by atoms with E-state index in [1.54, 1.807) is 5.57 Å². The number of rotatable bonds is 18. The fourth-order valence-corrected chi connectivity index (χ4v) is 6.17. The molecule has 44 heavy (non-hydrogen) atoms. The highest BCUT2D eigenvalue weighted by molar-refractivity contribution is 5.84. The summed E-state index contributed by atoms with van der Waals surface area (Å²) in [4.78, 5) is 4.70. The number of hydrogen-bond donors (Lipinski definition) is 1. The van der Waals surface area contributed by atoms with E-state index >= 15 is 0 Å². The van der Waals surface area contributed by atoms with Gasteiger partial charge in [-0.1, -0.05) is 132 Å². The van der Waals surface area contributed by atoms with Crippen LogP contribution in [-0.2, 0) is 0 Å². The average Bonchev–Trinajstić information content (AvgIpc) is 3.50. The van der Waals surface area contributed by atoms with Crippen LogP contribution in [0.25, 0.3) is 17.0 Å². The van der Waals surface area contributed by atoms with E-state index in [0.29, 0.717) is 0 Å². The second-order valence-corrected chi connectivity index (χ2v) is 12.4. The second-order valence-electron chi connectivity index (χ2n) is 12.4. The summed E-state index contributed by atoms with van der Waals surface area (Å²) in [6, 6.07) is 6.07. The predicted octanol–water partition coefficient (Wildman–Crippen LogP) is 12.4. The minimum Gasteiger partial charge on any atom is -0.276 e. The maximum Gasteiger partial charge on any atom is 0.0912 e. The number of aryl methyl sites for hydroxylation is 1. The van der Waals surface area contributed by atoms with Gasteiger partial charge in [0.05, 0.1) is 17.6 Å². The van der Waals surface area contributed by atoms with E-state index in [2.05, 4.69) is 93.1 Å².